The number of aliphatic hydroxyl groups excluding tert-OH is 4. The number of H-pyrrole nitrogens is 1. The number of aromatic hydroxyl groups is 1. The van der Waals surface area contributed by atoms with Crippen molar-refractivity contribution in [1.82, 2.24) is 20.3 Å². The minimum atomic E-state index is -1.17. The molecule has 4 aromatic rings. The number of rotatable bonds is 14. The Morgan fingerprint density at radius 1 is 0.711 bits per heavy atom. The number of nitrogens with two attached hydrogens (primary N) is 5. The Kier molecular flexibility index (Phi) is 66.3. The Bertz CT molecular complexity index is 2030. The van der Waals surface area contributed by atoms with Crippen molar-refractivity contribution in [2.45, 2.75) is 190 Å². The molecular weight excluding hydrogens is 1090 g/mol. The van der Waals surface area contributed by atoms with Crippen LogP contribution in [0.2, 0.25) is 0 Å². The van der Waals surface area contributed by atoms with E-state index in [0.29, 0.717) is 25.2 Å². The number of fused-ring (bicyclic) bond motifs is 1. The number of carbonyl (C=O) groups excluding carboxylic acids is 1. The second-order valence-electron chi connectivity index (χ2n) is 16.9. The molecular formula is C60H121N9O13S. The number of phenols is 1. The zero-order valence-electron chi connectivity index (χ0n) is 49.5. The molecule has 2 saturated heterocycles. The summed E-state index contributed by atoms with van der Waals surface area (Å²) in [6.07, 6.45) is -0.779. The Labute approximate surface area is 505 Å². The van der Waals surface area contributed by atoms with E-state index in [0.717, 1.165) is 54.4 Å². The summed E-state index contributed by atoms with van der Waals surface area (Å²) in [7, 11) is 12.1. The van der Waals surface area contributed by atoms with Crippen LogP contribution < -0.4 is 54.9 Å². The zero-order chi connectivity index (χ0) is 60.7. The van der Waals surface area contributed by atoms with Gasteiger partial charge >= 0.3 is 5.97 Å². The lowest BCUT2D eigenvalue weighted by atomic mass is 9.84. The van der Waals surface area contributed by atoms with Gasteiger partial charge in [0, 0.05) is 12.1 Å². The van der Waals surface area contributed by atoms with Gasteiger partial charge in [-0.3, -0.25) is 9.17 Å². The molecule has 1 saturated carbocycles. The molecule has 12 atom stereocenters. The normalized spacial score (nSPS) is 23.1. The summed E-state index contributed by atoms with van der Waals surface area (Å²) in [6, 6.07) is 20.9. The van der Waals surface area contributed by atoms with Crippen molar-refractivity contribution in [2.75, 3.05) is 75.8 Å². The Balaban J connectivity index is -0.000000186. The number of esters is 1. The molecule has 0 spiro atoms. The van der Waals surface area contributed by atoms with Gasteiger partial charge in [-0.25, -0.2) is 4.79 Å². The monoisotopic (exact) mass is 1210 g/mol. The number of para-hydroxylation sites is 1. The smallest absolute Gasteiger partial charge is 0.338 e. The van der Waals surface area contributed by atoms with Crippen molar-refractivity contribution in [2.24, 2.45) is 28.7 Å². The second kappa shape index (κ2) is 59.5. The molecule has 0 bridgehead atoms. The van der Waals surface area contributed by atoms with Gasteiger partial charge in [0.15, 0.2) is 12.6 Å². The maximum Gasteiger partial charge on any atom is 0.338 e. The van der Waals surface area contributed by atoms with Crippen LogP contribution in [0.1, 0.15) is 127 Å². The number of hydrogen-bond donors (Lipinski definition) is 14. The summed E-state index contributed by atoms with van der Waals surface area (Å²) >= 11 is 1.38. The SMILES string of the molecule is C.C.C.C.CC.CC.CCCC1CCC(N)C(OC2C(N)CC(N)C(OC3OCC(O)C(NC)C3O)C2O)O1.CCCCOC(=O)c1ccc(O)cc1.CN.CN.CNC.CNC.O=c1[nH]sc2ccccc12.OCCOc1ccccc1. The van der Waals surface area contributed by atoms with Crippen LogP contribution in [0.15, 0.2) is 83.7 Å². The van der Waals surface area contributed by atoms with Gasteiger partial charge in [0.2, 0.25) is 0 Å². The van der Waals surface area contributed by atoms with Gasteiger partial charge < -0.3 is 98.6 Å². The number of nitrogens with one attached hydrogen (secondary N) is 4. The Morgan fingerprint density at radius 3 is 1.72 bits per heavy atom. The molecule has 19 N–H and O–H groups in total. The molecule has 3 heterocycles. The number of carbonyl (C=O) groups is 1. The first-order chi connectivity index (χ1) is 38.1. The molecule has 2 aliphatic heterocycles. The summed E-state index contributed by atoms with van der Waals surface area (Å²) < 4.78 is 37.2. The van der Waals surface area contributed by atoms with Crippen molar-refractivity contribution in [3.8, 4) is 11.5 Å². The second-order valence-corrected chi connectivity index (χ2v) is 17.8. The van der Waals surface area contributed by atoms with Crippen LogP contribution in [-0.4, -0.2) is 185 Å². The number of aromatic nitrogens is 1. The first kappa shape index (κ1) is 92.5. The molecule has 23 heteroatoms. The summed E-state index contributed by atoms with van der Waals surface area (Å²) in [6.45, 7) is 13.0. The lowest BCUT2D eigenvalue weighted by Gasteiger charge is -2.47. The number of benzene rings is 3. The maximum atomic E-state index is 11.3. The number of ether oxygens (including phenoxy) is 6. The van der Waals surface area contributed by atoms with E-state index >= 15 is 0 Å². The Hall–Kier alpha value is -4.22. The van der Waals surface area contributed by atoms with E-state index in [2.05, 4.69) is 38.7 Å². The fraction of sp³-hybridized carbons (Fsp3) is 0.667. The van der Waals surface area contributed by atoms with Crippen molar-refractivity contribution in [1.29, 1.82) is 0 Å². The van der Waals surface area contributed by atoms with Crippen LogP contribution in [-0.2, 0) is 23.7 Å². The lowest BCUT2D eigenvalue weighted by molar-refractivity contribution is -0.297. The molecule has 490 valence electrons. The van der Waals surface area contributed by atoms with Crippen LogP contribution in [0.5, 0.6) is 11.5 Å². The van der Waals surface area contributed by atoms with E-state index in [1.54, 1.807) is 19.2 Å². The van der Waals surface area contributed by atoms with Gasteiger partial charge in [0.05, 0.1) is 59.8 Å². The third-order valence-electron chi connectivity index (χ3n) is 10.9. The van der Waals surface area contributed by atoms with E-state index in [1.165, 1.54) is 37.8 Å². The van der Waals surface area contributed by atoms with Gasteiger partial charge in [0.1, 0.15) is 42.5 Å². The van der Waals surface area contributed by atoms with E-state index in [-0.39, 0.29) is 72.3 Å². The minimum Gasteiger partial charge on any atom is -0.508 e. The van der Waals surface area contributed by atoms with Gasteiger partial charge in [-0.1, -0.05) is 126 Å². The quantitative estimate of drug-likeness (QED) is 0.0517. The largest absolute Gasteiger partial charge is 0.508 e. The van der Waals surface area contributed by atoms with E-state index in [1.807, 2.05) is 117 Å². The molecule has 12 unspecified atom stereocenters. The average Bonchev–Trinajstić information content (AvgIpc) is 3.85. The van der Waals surface area contributed by atoms with Crippen LogP contribution in [0, 0.1) is 0 Å². The molecule has 0 amide bonds. The maximum absolute atomic E-state index is 11.3. The summed E-state index contributed by atoms with van der Waals surface area (Å²) in [5.74, 6) is 0.616. The fourth-order valence-corrected chi connectivity index (χ4v) is 8.06. The molecule has 1 aromatic heterocycles. The van der Waals surface area contributed by atoms with Gasteiger partial charge in [0.25, 0.3) is 5.56 Å². The number of unbranched alkanes of at least 4 members (excludes halogenated alkanes) is 1. The molecule has 3 aromatic carbocycles. The fourth-order valence-electron chi connectivity index (χ4n) is 7.33. The van der Waals surface area contributed by atoms with Crippen molar-refractivity contribution >= 4 is 27.6 Å². The van der Waals surface area contributed by atoms with Crippen molar-refractivity contribution < 1.29 is 58.7 Å². The van der Waals surface area contributed by atoms with E-state index in [4.69, 9.17) is 55.8 Å². The predicted molar refractivity (Wildman–Crippen MR) is 346 cm³/mol. The molecule has 0 radical (unpaired) electrons. The molecule has 3 aliphatic rings. The lowest BCUT2D eigenvalue weighted by Crippen LogP contribution is -2.67. The highest BCUT2D eigenvalue weighted by Crippen LogP contribution is 2.31. The summed E-state index contributed by atoms with van der Waals surface area (Å²) in [5.41, 5.74) is 28.2. The molecule has 1 aliphatic carbocycles. The van der Waals surface area contributed by atoms with Gasteiger partial charge in [-0.05, 0) is 130 Å². The van der Waals surface area contributed by atoms with E-state index < -0.39 is 61.2 Å². The zero-order valence-corrected chi connectivity index (χ0v) is 50.3. The van der Waals surface area contributed by atoms with Crippen LogP contribution >= 0.6 is 11.5 Å². The first-order valence-corrected chi connectivity index (χ1v) is 28.2. The Morgan fingerprint density at radius 2 is 1.23 bits per heavy atom. The number of likely N-dealkylation sites (N-methyl/N-ethyl adjacent to an activating group) is 1. The predicted octanol–water partition coefficient (Wildman–Crippen LogP) is 5.89. The standard InChI is InChI=1S/C20H40N4O7.C11H14O3.C8H10O2.C7H5NOS.2C2H7N.2C2H6.2CH5N.4CH4/c1-3-4-9-5-6-10(21)19(29-9)30-17-11(22)7-12(23)18(16(17)27)31-20-15(26)14(24-2)13(25)8-28-20;1-2-3-8-14-11(13)9-4-6-10(12)7-5-9;9-6-7-10-8-4-2-1-3-5-8;9-7-5-3-1-2-4-6(5)10-8-7;2*1-3-2;4*1-2;;;;/h9-20,24-27H,3-8,21-23H2,1-2H3;4-7,12H,2-3,8H2,1H3;1-5,9H,6-7H2;1-4H,(H,8,9);2*3H,1-2H3;2*1-2H3;2*2H2,1H3;4*1H4. The van der Waals surface area contributed by atoms with E-state index in [9.17, 15) is 24.9 Å². The number of hydrogen-bond acceptors (Lipinski definition) is 22. The first-order valence-electron chi connectivity index (χ1n) is 27.3. The van der Waals surface area contributed by atoms with Crippen molar-refractivity contribution in [3.63, 3.8) is 0 Å². The highest BCUT2D eigenvalue weighted by Gasteiger charge is 2.48. The highest BCUT2D eigenvalue weighted by molar-refractivity contribution is 7.13. The van der Waals surface area contributed by atoms with Gasteiger partial charge in [-0.15, -0.1) is 0 Å². The number of aromatic amines is 1. The molecule has 3 fully saturated rings. The topological polar surface area (TPSA) is 373 Å². The molecule has 83 heavy (non-hydrogen) atoms. The highest BCUT2D eigenvalue weighted by atomic mass is 32.1. The van der Waals surface area contributed by atoms with Crippen LogP contribution in [0.25, 0.3) is 10.1 Å². The number of phenolic OH excluding ortho intramolecular Hbond substituents is 1. The molecule has 22 nitrogen and oxygen atoms in total. The van der Waals surface area contributed by atoms with Gasteiger partial charge in [-0.2, -0.15) is 0 Å². The summed E-state index contributed by atoms with van der Waals surface area (Å²) in [5, 5.41) is 58.1. The average molecular weight is 1210 g/mol. The summed E-state index contributed by atoms with van der Waals surface area (Å²) in [4.78, 5) is 22.3. The van der Waals surface area contributed by atoms with Crippen LogP contribution in [0.3, 0.4) is 0 Å². The third-order valence-corrected chi connectivity index (χ3v) is 11.8. The third kappa shape index (κ3) is 37.1. The van der Waals surface area contributed by atoms with Crippen LogP contribution in [0.4, 0.5) is 0 Å². The minimum absolute atomic E-state index is 0. The number of aliphatic hydroxyl groups is 4. The van der Waals surface area contributed by atoms with Crippen molar-refractivity contribution in [3.05, 3.63) is 94.8 Å². The molecule has 7 rings (SSSR count).